The van der Waals surface area contributed by atoms with Gasteiger partial charge >= 0.3 is 0 Å². The quantitative estimate of drug-likeness (QED) is 0.828. The summed E-state index contributed by atoms with van der Waals surface area (Å²) in [7, 11) is 0. The topological polar surface area (TPSA) is 51.0 Å². The fraction of sp³-hybridized carbons (Fsp3) is 0.333. The smallest absolute Gasteiger partial charge is 0.227 e. The number of halogens is 2. The number of benzene rings is 1. The van der Waals surface area contributed by atoms with Crippen molar-refractivity contribution in [2.45, 2.75) is 19.9 Å². The molecule has 0 unspecified atom stereocenters. The van der Waals surface area contributed by atoms with E-state index < -0.39 is 11.6 Å². The van der Waals surface area contributed by atoms with Crippen LogP contribution in [-0.2, 0) is 13.0 Å². The molecule has 0 aliphatic heterocycles. The third-order valence-corrected chi connectivity index (χ3v) is 2.40. The van der Waals surface area contributed by atoms with E-state index in [1.165, 1.54) is 6.07 Å². The Balaban J connectivity index is 1.76. The second kappa shape index (κ2) is 5.68. The molecule has 1 aromatic carbocycles. The van der Waals surface area contributed by atoms with Crippen molar-refractivity contribution < 1.29 is 13.3 Å². The molecular weight excluding hydrogens is 240 g/mol. The maximum absolute atomic E-state index is 12.9. The first kappa shape index (κ1) is 12.6. The summed E-state index contributed by atoms with van der Waals surface area (Å²) in [5, 5.41) is 6.76. The van der Waals surface area contributed by atoms with Gasteiger partial charge in [0.1, 0.15) is 0 Å². The molecule has 0 atom stereocenters. The molecule has 1 aromatic heterocycles. The van der Waals surface area contributed by atoms with E-state index in [2.05, 4.69) is 15.5 Å². The lowest BCUT2D eigenvalue weighted by molar-refractivity contribution is 0.372. The molecule has 6 heteroatoms. The first-order chi connectivity index (χ1) is 8.65. The van der Waals surface area contributed by atoms with Crippen LogP contribution in [0.25, 0.3) is 0 Å². The van der Waals surface area contributed by atoms with Crippen LogP contribution >= 0.6 is 0 Å². The molecule has 2 rings (SSSR count). The number of hydrogen-bond acceptors (Lipinski definition) is 4. The van der Waals surface area contributed by atoms with Gasteiger partial charge in [0.15, 0.2) is 17.5 Å². The van der Waals surface area contributed by atoms with Crippen LogP contribution in [0.4, 0.5) is 8.78 Å². The number of rotatable bonds is 5. The fourth-order valence-corrected chi connectivity index (χ4v) is 1.52. The summed E-state index contributed by atoms with van der Waals surface area (Å²) < 4.78 is 30.5. The molecule has 2 aromatic rings. The number of hydrogen-bond donors (Lipinski definition) is 1. The largest absolute Gasteiger partial charge is 0.339 e. The number of nitrogens with zero attached hydrogens (tertiary/aromatic N) is 2. The molecule has 18 heavy (non-hydrogen) atoms. The Labute approximate surface area is 103 Å². The van der Waals surface area contributed by atoms with Crippen molar-refractivity contribution >= 4 is 0 Å². The zero-order valence-electron chi connectivity index (χ0n) is 9.91. The van der Waals surface area contributed by atoms with Gasteiger partial charge < -0.3 is 9.84 Å². The number of nitrogens with one attached hydrogen (secondary N) is 1. The monoisotopic (exact) mass is 253 g/mol. The number of aryl methyl sites for hydroxylation is 1. The Morgan fingerprint density at radius 3 is 2.78 bits per heavy atom. The van der Waals surface area contributed by atoms with Gasteiger partial charge in [-0.2, -0.15) is 4.98 Å². The lowest BCUT2D eigenvalue weighted by atomic mass is 10.2. The van der Waals surface area contributed by atoms with Crippen molar-refractivity contribution in [3.05, 3.63) is 47.1 Å². The van der Waals surface area contributed by atoms with Gasteiger partial charge in [-0.15, -0.1) is 0 Å². The summed E-state index contributed by atoms with van der Waals surface area (Å²) >= 11 is 0. The van der Waals surface area contributed by atoms with Crippen LogP contribution in [-0.4, -0.2) is 16.7 Å². The first-order valence-electron chi connectivity index (χ1n) is 5.59. The normalized spacial score (nSPS) is 10.8. The Kier molecular flexibility index (Phi) is 3.99. The van der Waals surface area contributed by atoms with E-state index in [4.69, 9.17) is 4.52 Å². The van der Waals surface area contributed by atoms with Gasteiger partial charge in [-0.25, -0.2) is 8.78 Å². The molecule has 1 heterocycles. The van der Waals surface area contributed by atoms with Crippen molar-refractivity contribution in [1.29, 1.82) is 0 Å². The van der Waals surface area contributed by atoms with Gasteiger partial charge in [-0.3, -0.25) is 0 Å². The van der Waals surface area contributed by atoms with E-state index in [-0.39, 0.29) is 0 Å². The summed E-state index contributed by atoms with van der Waals surface area (Å²) in [6.45, 7) is 2.84. The van der Waals surface area contributed by atoms with Crippen LogP contribution in [0.2, 0.25) is 0 Å². The van der Waals surface area contributed by atoms with E-state index in [0.717, 1.165) is 6.07 Å². The molecule has 1 N–H and O–H groups in total. The second-order valence-electron chi connectivity index (χ2n) is 3.91. The Hall–Kier alpha value is -1.82. The predicted molar refractivity (Wildman–Crippen MR) is 60.8 cm³/mol. The zero-order chi connectivity index (χ0) is 13.0. The van der Waals surface area contributed by atoms with Gasteiger partial charge in [0, 0.05) is 19.5 Å². The Bertz CT molecular complexity index is 528. The number of aromatic nitrogens is 2. The molecule has 0 aliphatic rings. The van der Waals surface area contributed by atoms with Crippen molar-refractivity contribution in [2.75, 3.05) is 6.54 Å². The van der Waals surface area contributed by atoms with Gasteiger partial charge in [0.05, 0.1) is 0 Å². The maximum atomic E-state index is 12.9. The van der Waals surface area contributed by atoms with Crippen LogP contribution in [0.5, 0.6) is 0 Å². The molecule has 0 saturated heterocycles. The first-order valence-corrected chi connectivity index (χ1v) is 5.59. The molecule has 0 amide bonds. The highest BCUT2D eigenvalue weighted by molar-refractivity contribution is 5.17. The van der Waals surface area contributed by atoms with Gasteiger partial charge in [-0.05, 0) is 24.6 Å². The lowest BCUT2D eigenvalue weighted by Gasteiger charge is -2.03. The van der Waals surface area contributed by atoms with E-state index in [0.29, 0.717) is 36.8 Å². The van der Waals surface area contributed by atoms with E-state index in [1.54, 1.807) is 13.0 Å². The third-order valence-electron chi connectivity index (χ3n) is 2.40. The molecule has 0 fully saturated rings. The third kappa shape index (κ3) is 3.33. The molecule has 0 spiro atoms. The van der Waals surface area contributed by atoms with Crippen LogP contribution in [0.1, 0.15) is 17.3 Å². The molecule has 4 nitrogen and oxygen atoms in total. The highest BCUT2D eigenvalue weighted by Crippen LogP contribution is 2.08. The SMILES string of the molecule is Cc1noc(CCNCc2ccc(F)c(F)c2)n1. The maximum Gasteiger partial charge on any atom is 0.227 e. The summed E-state index contributed by atoms with van der Waals surface area (Å²) in [6, 6.07) is 3.84. The molecule has 0 saturated carbocycles. The van der Waals surface area contributed by atoms with Gasteiger partial charge in [-0.1, -0.05) is 11.2 Å². The minimum Gasteiger partial charge on any atom is -0.339 e. The highest BCUT2D eigenvalue weighted by Gasteiger charge is 2.03. The van der Waals surface area contributed by atoms with Crippen molar-refractivity contribution in [3.8, 4) is 0 Å². The zero-order valence-corrected chi connectivity index (χ0v) is 9.91. The summed E-state index contributed by atoms with van der Waals surface area (Å²) in [4.78, 5) is 4.05. The molecule has 0 aliphatic carbocycles. The molecule has 0 bridgehead atoms. The minimum absolute atomic E-state index is 0.463. The molecule has 0 radical (unpaired) electrons. The Morgan fingerprint density at radius 1 is 1.28 bits per heavy atom. The molecule has 96 valence electrons. The summed E-state index contributed by atoms with van der Waals surface area (Å²) in [5.74, 6) is -0.502. The van der Waals surface area contributed by atoms with Crippen LogP contribution in [0.3, 0.4) is 0 Å². The van der Waals surface area contributed by atoms with Crippen molar-refractivity contribution in [2.24, 2.45) is 0 Å². The van der Waals surface area contributed by atoms with Crippen molar-refractivity contribution in [1.82, 2.24) is 15.5 Å². The Morgan fingerprint density at radius 2 is 2.11 bits per heavy atom. The fourth-order valence-electron chi connectivity index (χ4n) is 1.52. The summed E-state index contributed by atoms with van der Waals surface area (Å²) in [6.07, 6.45) is 0.602. The second-order valence-corrected chi connectivity index (χ2v) is 3.91. The van der Waals surface area contributed by atoms with Crippen molar-refractivity contribution in [3.63, 3.8) is 0 Å². The van der Waals surface area contributed by atoms with Crippen LogP contribution < -0.4 is 5.32 Å². The minimum atomic E-state index is -0.833. The average molecular weight is 253 g/mol. The van der Waals surface area contributed by atoms with Gasteiger partial charge in [0.2, 0.25) is 5.89 Å². The molecular formula is C12H13F2N3O. The standard InChI is InChI=1S/C12H13F2N3O/c1-8-16-12(18-17-8)4-5-15-7-9-2-3-10(13)11(14)6-9/h2-3,6,15H,4-5,7H2,1H3. The predicted octanol–water partition coefficient (Wildman–Crippen LogP) is 1.99. The van der Waals surface area contributed by atoms with Gasteiger partial charge in [0.25, 0.3) is 0 Å². The van der Waals surface area contributed by atoms with Crippen LogP contribution in [0, 0.1) is 18.6 Å². The van der Waals surface area contributed by atoms with E-state index >= 15 is 0 Å². The lowest BCUT2D eigenvalue weighted by Crippen LogP contribution is -2.17. The highest BCUT2D eigenvalue weighted by atomic mass is 19.2. The van der Waals surface area contributed by atoms with E-state index in [1.807, 2.05) is 0 Å². The van der Waals surface area contributed by atoms with Crippen LogP contribution in [0.15, 0.2) is 22.7 Å². The summed E-state index contributed by atoms with van der Waals surface area (Å²) in [5.41, 5.74) is 0.690. The average Bonchev–Trinajstić information content (AvgIpc) is 2.75. The van der Waals surface area contributed by atoms with E-state index in [9.17, 15) is 8.78 Å².